The molecule has 0 heterocycles. The second-order valence-corrected chi connectivity index (χ2v) is 2.20. The molecule has 0 unspecified atom stereocenters. The number of methoxy groups -OCH3 is 1. The predicted molar refractivity (Wildman–Crippen MR) is 42.5 cm³/mol. The summed E-state index contributed by atoms with van der Waals surface area (Å²) in [6.07, 6.45) is 5.49. The smallest absolute Gasteiger partial charge is 0.307 e. The van der Waals surface area contributed by atoms with E-state index in [4.69, 9.17) is 9.84 Å². The van der Waals surface area contributed by atoms with Gasteiger partial charge in [0.15, 0.2) is 0 Å². The molecule has 0 aliphatic heterocycles. The molecule has 0 aromatic carbocycles. The molecule has 0 aliphatic carbocycles. The topological polar surface area (TPSA) is 46.5 Å². The van der Waals surface area contributed by atoms with Crippen molar-refractivity contribution in [2.24, 2.45) is 0 Å². The number of hydrogen-bond acceptors (Lipinski definition) is 2. The highest BCUT2D eigenvalue weighted by atomic mass is 16.5. The molecule has 0 aromatic rings. The van der Waals surface area contributed by atoms with E-state index in [2.05, 4.69) is 0 Å². The molecule has 0 aliphatic rings. The van der Waals surface area contributed by atoms with Crippen LogP contribution in [0.5, 0.6) is 0 Å². The summed E-state index contributed by atoms with van der Waals surface area (Å²) in [6, 6.07) is 0. The third-order valence-corrected chi connectivity index (χ3v) is 1.18. The van der Waals surface area contributed by atoms with Gasteiger partial charge in [-0.2, -0.15) is 0 Å². The SMILES string of the molecule is COCCC/C=C\CC(=O)O. The molecule has 1 N–H and O–H groups in total. The van der Waals surface area contributed by atoms with E-state index in [9.17, 15) is 4.79 Å². The molecule has 0 atom stereocenters. The molecular weight excluding hydrogens is 144 g/mol. The van der Waals surface area contributed by atoms with Crippen LogP contribution < -0.4 is 0 Å². The van der Waals surface area contributed by atoms with Gasteiger partial charge in [-0.25, -0.2) is 0 Å². The Morgan fingerprint density at radius 3 is 2.82 bits per heavy atom. The Morgan fingerprint density at radius 1 is 1.55 bits per heavy atom. The first-order valence-electron chi connectivity index (χ1n) is 3.63. The zero-order chi connectivity index (χ0) is 8.53. The van der Waals surface area contributed by atoms with Crippen LogP contribution in [0.2, 0.25) is 0 Å². The van der Waals surface area contributed by atoms with Gasteiger partial charge < -0.3 is 9.84 Å². The normalized spacial score (nSPS) is 10.6. The van der Waals surface area contributed by atoms with Crippen LogP contribution in [0.1, 0.15) is 19.3 Å². The maximum atomic E-state index is 10.0. The minimum atomic E-state index is -0.784. The Labute approximate surface area is 66.7 Å². The number of carboxylic acids is 1. The summed E-state index contributed by atoms with van der Waals surface area (Å²) in [4.78, 5) is 10.0. The van der Waals surface area contributed by atoms with E-state index in [-0.39, 0.29) is 6.42 Å². The number of allylic oxidation sites excluding steroid dienone is 1. The van der Waals surface area contributed by atoms with Crippen molar-refractivity contribution in [2.45, 2.75) is 19.3 Å². The molecule has 11 heavy (non-hydrogen) atoms. The third-order valence-electron chi connectivity index (χ3n) is 1.18. The lowest BCUT2D eigenvalue weighted by Crippen LogP contribution is -1.90. The Hall–Kier alpha value is -0.830. The van der Waals surface area contributed by atoms with Crippen LogP contribution in [0.15, 0.2) is 12.2 Å². The van der Waals surface area contributed by atoms with E-state index >= 15 is 0 Å². The average Bonchev–Trinajstić information content (AvgIpc) is 1.96. The number of hydrogen-bond donors (Lipinski definition) is 1. The first-order valence-corrected chi connectivity index (χ1v) is 3.63. The van der Waals surface area contributed by atoms with Crippen molar-refractivity contribution < 1.29 is 14.6 Å². The van der Waals surface area contributed by atoms with Crippen LogP contribution in [0, 0.1) is 0 Å². The lowest BCUT2D eigenvalue weighted by atomic mass is 10.3. The third kappa shape index (κ3) is 9.17. The standard InChI is InChI=1S/C8H14O3/c1-11-7-5-3-2-4-6-8(9)10/h2,4H,3,5-7H2,1H3,(H,9,10)/b4-2-. The van der Waals surface area contributed by atoms with Crippen LogP contribution >= 0.6 is 0 Å². The molecule has 0 saturated carbocycles. The highest BCUT2D eigenvalue weighted by Gasteiger charge is 1.88. The molecule has 3 nitrogen and oxygen atoms in total. The van der Waals surface area contributed by atoms with Crippen molar-refractivity contribution in [3.63, 3.8) is 0 Å². The van der Waals surface area contributed by atoms with Crippen molar-refractivity contribution >= 4 is 5.97 Å². The zero-order valence-corrected chi connectivity index (χ0v) is 6.75. The molecule has 0 saturated heterocycles. The van der Waals surface area contributed by atoms with Gasteiger partial charge in [0.25, 0.3) is 0 Å². The van der Waals surface area contributed by atoms with Gasteiger partial charge >= 0.3 is 5.97 Å². The summed E-state index contributed by atoms with van der Waals surface area (Å²) in [5, 5.41) is 8.24. The predicted octanol–water partition coefficient (Wildman–Crippen LogP) is 1.44. The monoisotopic (exact) mass is 158 g/mol. The van der Waals surface area contributed by atoms with E-state index in [1.807, 2.05) is 6.08 Å². The fraction of sp³-hybridized carbons (Fsp3) is 0.625. The Kier molecular flexibility index (Phi) is 6.73. The number of carboxylic acid groups (broad SMARTS) is 1. The van der Waals surface area contributed by atoms with Crippen LogP contribution in [-0.2, 0) is 9.53 Å². The highest BCUT2D eigenvalue weighted by molar-refractivity contribution is 5.68. The van der Waals surface area contributed by atoms with Gasteiger partial charge in [-0.15, -0.1) is 0 Å². The fourth-order valence-corrected chi connectivity index (χ4v) is 0.648. The van der Waals surface area contributed by atoms with Gasteiger partial charge in [-0.3, -0.25) is 4.79 Å². The Bertz CT molecular complexity index is 129. The first-order chi connectivity index (χ1) is 5.27. The minimum Gasteiger partial charge on any atom is -0.481 e. The van der Waals surface area contributed by atoms with Gasteiger partial charge in [0.2, 0.25) is 0 Å². The molecule has 0 fully saturated rings. The number of ether oxygens (including phenoxy) is 1. The lowest BCUT2D eigenvalue weighted by molar-refractivity contribution is -0.136. The molecule has 3 heteroatoms. The van der Waals surface area contributed by atoms with Gasteiger partial charge in [0, 0.05) is 13.7 Å². The molecule has 0 spiro atoms. The van der Waals surface area contributed by atoms with Gasteiger partial charge in [0.05, 0.1) is 6.42 Å². The number of unbranched alkanes of at least 4 members (excludes halogenated alkanes) is 1. The molecule has 0 bridgehead atoms. The minimum absolute atomic E-state index is 0.118. The average molecular weight is 158 g/mol. The van der Waals surface area contributed by atoms with Gasteiger partial charge in [-0.1, -0.05) is 12.2 Å². The largest absolute Gasteiger partial charge is 0.481 e. The maximum absolute atomic E-state index is 10.0. The molecule has 64 valence electrons. The highest BCUT2D eigenvalue weighted by Crippen LogP contribution is 1.92. The zero-order valence-electron chi connectivity index (χ0n) is 6.75. The van der Waals surface area contributed by atoms with E-state index in [0.29, 0.717) is 0 Å². The van der Waals surface area contributed by atoms with Crippen molar-refractivity contribution in [1.82, 2.24) is 0 Å². The summed E-state index contributed by atoms with van der Waals surface area (Å²) < 4.78 is 4.82. The first kappa shape index (κ1) is 10.2. The van der Waals surface area contributed by atoms with Crippen LogP contribution in [0.25, 0.3) is 0 Å². The summed E-state index contributed by atoms with van der Waals surface area (Å²) >= 11 is 0. The van der Waals surface area contributed by atoms with E-state index in [1.54, 1.807) is 13.2 Å². The summed E-state index contributed by atoms with van der Waals surface area (Å²) in [7, 11) is 1.65. The lowest BCUT2D eigenvalue weighted by Gasteiger charge is -1.92. The quantitative estimate of drug-likeness (QED) is 0.470. The van der Waals surface area contributed by atoms with Crippen molar-refractivity contribution in [3.05, 3.63) is 12.2 Å². The van der Waals surface area contributed by atoms with Crippen molar-refractivity contribution in [2.75, 3.05) is 13.7 Å². The van der Waals surface area contributed by atoms with Gasteiger partial charge in [0.1, 0.15) is 0 Å². The fourth-order valence-electron chi connectivity index (χ4n) is 0.648. The summed E-state index contributed by atoms with van der Waals surface area (Å²) in [5.74, 6) is -0.784. The second kappa shape index (κ2) is 7.28. The van der Waals surface area contributed by atoms with E-state index in [1.165, 1.54) is 0 Å². The molecule has 0 amide bonds. The second-order valence-electron chi connectivity index (χ2n) is 2.20. The molecular formula is C8H14O3. The van der Waals surface area contributed by atoms with Crippen LogP contribution in [0.4, 0.5) is 0 Å². The summed E-state index contributed by atoms with van der Waals surface area (Å²) in [5.41, 5.74) is 0. The van der Waals surface area contributed by atoms with Gasteiger partial charge in [-0.05, 0) is 12.8 Å². The molecule has 0 aromatic heterocycles. The van der Waals surface area contributed by atoms with Crippen molar-refractivity contribution in [1.29, 1.82) is 0 Å². The Morgan fingerprint density at radius 2 is 2.27 bits per heavy atom. The van der Waals surface area contributed by atoms with E-state index in [0.717, 1.165) is 19.4 Å². The van der Waals surface area contributed by atoms with Crippen LogP contribution in [0.3, 0.4) is 0 Å². The number of aliphatic carboxylic acids is 1. The molecule has 0 rings (SSSR count). The number of rotatable bonds is 6. The summed E-state index contributed by atoms with van der Waals surface area (Å²) in [6.45, 7) is 0.734. The van der Waals surface area contributed by atoms with E-state index < -0.39 is 5.97 Å². The maximum Gasteiger partial charge on any atom is 0.307 e. The molecule has 0 radical (unpaired) electrons. The Balaban J connectivity index is 3.10. The van der Waals surface area contributed by atoms with Crippen molar-refractivity contribution in [3.8, 4) is 0 Å². The number of carbonyl (C=O) groups is 1. The van der Waals surface area contributed by atoms with Crippen LogP contribution in [-0.4, -0.2) is 24.8 Å².